The van der Waals surface area contributed by atoms with Gasteiger partial charge in [0.15, 0.2) is 0 Å². The fourth-order valence-corrected chi connectivity index (χ4v) is 3.60. The SMILES string of the molecule is Cc1ccc(N(CC(=O)N2CCCC(C)C2)S(C)(=O)=O)cc1. The van der Waals surface area contributed by atoms with Crippen LogP contribution in [0.25, 0.3) is 0 Å². The van der Waals surface area contributed by atoms with E-state index >= 15 is 0 Å². The summed E-state index contributed by atoms with van der Waals surface area (Å²) < 4.78 is 25.3. The van der Waals surface area contributed by atoms with E-state index < -0.39 is 10.0 Å². The summed E-state index contributed by atoms with van der Waals surface area (Å²) in [4.78, 5) is 14.2. The smallest absolute Gasteiger partial charge is 0.243 e. The summed E-state index contributed by atoms with van der Waals surface area (Å²) in [5, 5.41) is 0. The van der Waals surface area contributed by atoms with E-state index in [-0.39, 0.29) is 12.5 Å². The summed E-state index contributed by atoms with van der Waals surface area (Å²) in [6, 6.07) is 7.17. The molecule has 0 N–H and O–H groups in total. The number of hydrogen-bond acceptors (Lipinski definition) is 3. The molecule has 2 rings (SSSR count). The fraction of sp³-hybridized carbons (Fsp3) is 0.562. The predicted octanol–water partition coefficient (Wildman–Crippen LogP) is 2.02. The Hall–Kier alpha value is -1.56. The molecular formula is C16H24N2O3S. The van der Waals surface area contributed by atoms with Gasteiger partial charge < -0.3 is 4.90 Å². The molecule has 1 heterocycles. The molecule has 22 heavy (non-hydrogen) atoms. The number of hydrogen-bond donors (Lipinski definition) is 0. The third kappa shape index (κ3) is 4.22. The number of nitrogens with zero attached hydrogens (tertiary/aromatic N) is 2. The molecular weight excluding hydrogens is 300 g/mol. The van der Waals surface area contributed by atoms with E-state index in [0.717, 1.165) is 24.7 Å². The van der Waals surface area contributed by atoms with Crippen LogP contribution < -0.4 is 4.31 Å². The summed E-state index contributed by atoms with van der Waals surface area (Å²) in [5.41, 5.74) is 1.58. The topological polar surface area (TPSA) is 57.7 Å². The molecule has 0 saturated carbocycles. The Balaban J connectivity index is 2.17. The van der Waals surface area contributed by atoms with Gasteiger partial charge in [-0.15, -0.1) is 0 Å². The molecule has 1 saturated heterocycles. The minimum absolute atomic E-state index is 0.127. The highest BCUT2D eigenvalue weighted by Gasteiger charge is 2.26. The molecule has 1 aliphatic rings. The zero-order chi connectivity index (χ0) is 16.3. The molecule has 1 amide bonds. The largest absolute Gasteiger partial charge is 0.341 e. The van der Waals surface area contributed by atoms with E-state index in [9.17, 15) is 13.2 Å². The number of carbonyl (C=O) groups is 1. The fourth-order valence-electron chi connectivity index (χ4n) is 2.75. The lowest BCUT2D eigenvalue weighted by atomic mass is 10.0. The third-order valence-corrected chi connectivity index (χ3v) is 5.15. The first-order valence-electron chi connectivity index (χ1n) is 7.59. The highest BCUT2D eigenvalue weighted by atomic mass is 32.2. The van der Waals surface area contributed by atoms with Gasteiger partial charge in [0.25, 0.3) is 0 Å². The second kappa shape index (κ2) is 6.69. The van der Waals surface area contributed by atoms with Crippen LogP contribution in [0.2, 0.25) is 0 Å². The normalized spacial score (nSPS) is 19.0. The van der Waals surface area contributed by atoms with E-state index in [2.05, 4.69) is 6.92 Å². The van der Waals surface area contributed by atoms with Crippen molar-refractivity contribution in [2.75, 3.05) is 30.2 Å². The van der Waals surface area contributed by atoms with Crippen LogP contribution in [0.15, 0.2) is 24.3 Å². The zero-order valence-corrected chi connectivity index (χ0v) is 14.3. The molecule has 0 spiro atoms. The standard InChI is InChI=1S/C16H24N2O3S/c1-13-6-8-15(9-7-13)18(22(3,20)21)12-16(19)17-10-4-5-14(2)11-17/h6-9,14H,4-5,10-12H2,1-3H3. The van der Waals surface area contributed by atoms with Crippen LogP contribution in [-0.2, 0) is 14.8 Å². The van der Waals surface area contributed by atoms with Crippen molar-refractivity contribution in [1.29, 1.82) is 0 Å². The van der Waals surface area contributed by atoms with Crippen molar-refractivity contribution < 1.29 is 13.2 Å². The van der Waals surface area contributed by atoms with Crippen molar-refractivity contribution >= 4 is 21.6 Å². The van der Waals surface area contributed by atoms with Crippen molar-refractivity contribution in [3.63, 3.8) is 0 Å². The monoisotopic (exact) mass is 324 g/mol. The molecule has 1 unspecified atom stereocenters. The average molecular weight is 324 g/mol. The molecule has 0 aliphatic carbocycles. The number of anilines is 1. The van der Waals surface area contributed by atoms with E-state index in [1.807, 2.05) is 19.1 Å². The van der Waals surface area contributed by atoms with Crippen LogP contribution in [-0.4, -0.2) is 45.1 Å². The second-order valence-corrected chi connectivity index (χ2v) is 8.10. The third-order valence-electron chi connectivity index (χ3n) is 4.01. The van der Waals surface area contributed by atoms with Crippen LogP contribution in [0.4, 0.5) is 5.69 Å². The van der Waals surface area contributed by atoms with E-state index in [1.165, 1.54) is 4.31 Å². The Morgan fingerprint density at radius 1 is 1.32 bits per heavy atom. The Kier molecular flexibility index (Phi) is 5.11. The molecule has 1 aromatic carbocycles. The number of sulfonamides is 1. The summed E-state index contributed by atoms with van der Waals surface area (Å²) in [6.07, 6.45) is 3.24. The van der Waals surface area contributed by atoms with Crippen molar-refractivity contribution in [2.24, 2.45) is 5.92 Å². The predicted molar refractivity (Wildman–Crippen MR) is 88.3 cm³/mol. The minimum atomic E-state index is -3.49. The van der Waals surface area contributed by atoms with Gasteiger partial charge in [-0.3, -0.25) is 9.10 Å². The number of rotatable bonds is 4. The van der Waals surface area contributed by atoms with Gasteiger partial charge in [-0.25, -0.2) is 8.42 Å². The first-order chi connectivity index (χ1) is 10.3. The van der Waals surface area contributed by atoms with Gasteiger partial charge in [-0.05, 0) is 37.8 Å². The highest BCUT2D eigenvalue weighted by Crippen LogP contribution is 2.20. The molecule has 0 radical (unpaired) electrons. The van der Waals surface area contributed by atoms with Crippen molar-refractivity contribution in [1.82, 2.24) is 4.90 Å². The number of aryl methyl sites for hydroxylation is 1. The summed E-state index contributed by atoms with van der Waals surface area (Å²) in [6.45, 7) is 5.36. The molecule has 0 aromatic heterocycles. The number of piperidine rings is 1. The van der Waals surface area contributed by atoms with Crippen molar-refractivity contribution in [3.05, 3.63) is 29.8 Å². The van der Waals surface area contributed by atoms with Crippen LogP contribution in [0.5, 0.6) is 0 Å². The van der Waals surface area contributed by atoms with Gasteiger partial charge in [0.2, 0.25) is 15.9 Å². The summed E-state index contributed by atoms with van der Waals surface area (Å²) in [5.74, 6) is 0.348. The van der Waals surface area contributed by atoms with Crippen LogP contribution in [0.3, 0.4) is 0 Å². The maximum atomic E-state index is 12.5. The molecule has 1 fully saturated rings. The van der Waals surface area contributed by atoms with Crippen LogP contribution >= 0.6 is 0 Å². The maximum Gasteiger partial charge on any atom is 0.243 e. The number of likely N-dealkylation sites (tertiary alicyclic amines) is 1. The number of amides is 1. The zero-order valence-electron chi connectivity index (χ0n) is 13.4. The van der Waals surface area contributed by atoms with Gasteiger partial charge in [-0.1, -0.05) is 24.6 Å². The van der Waals surface area contributed by atoms with Crippen LogP contribution in [0, 0.1) is 12.8 Å². The molecule has 122 valence electrons. The second-order valence-electron chi connectivity index (χ2n) is 6.19. The first-order valence-corrected chi connectivity index (χ1v) is 9.44. The lowest BCUT2D eigenvalue weighted by Gasteiger charge is -2.33. The van der Waals surface area contributed by atoms with E-state index in [4.69, 9.17) is 0 Å². The summed E-state index contributed by atoms with van der Waals surface area (Å²) >= 11 is 0. The van der Waals surface area contributed by atoms with Gasteiger partial charge in [0.05, 0.1) is 11.9 Å². The number of carbonyl (C=O) groups excluding carboxylic acids is 1. The van der Waals surface area contributed by atoms with Crippen LogP contribution in [0.1, 0.15) is 25.3 Å². The average Bonchev–Trinajstić information content (AvgIpc) is 2.44. The Morgan fingerprint density at radius 2 is 1.95 bits per heavy atom. The van der Waals surface area contributed by atoms with Gasteiger partial charge >= 0.3 is 0 Å². The first kappa shape index (κ1) is 16.8. The quantitative estimate of drug-likeness (QED) is 0.851. The lowest BCUT2D eigenvalue weighted by Crippen LogP contribution is -2.46. The highest BCUT2D eigenvalue weighted by molar-refractivity contribution is 7.92. The van der Waals surface area contributed by atoms with E-state index in [0.29, 0.717) is 24.7 Å². The molecule has 0 bridgehead atoms. The van der Waals surface area contributed by atoms with Gasteiger partial charge in [0, 0.05) is 13.1 Å². The van der Waals surface area contributed by atoms with Crippen molar-refractivity contribution in [2.45, 2.75) is 26.7 Å². The lowest BCUT2D eigenvalue weighted by molar-refractivity contribution is -0.131. The number of benzene rings is 1. The van der Waals surface area contributed by atoms with Gasteiger partial charge in [-0.2, -0.15) is 0 Å². The minimum Gasteiger partial charge on any atom is -0.341 e. The molecule has 5 nitrogen and oxygen atoms in total. The van der Waals surface area contributed by atoms with Gasteiger partial charge in [0.1, 0.15) is 6.54 Å². The molecule has 1 aromatic rings. The summed E-state index contributed by atoms with van der Waals surface area (Å²) in [7, 11) is -3.49. The van der Waals surface area contributed by atoms with E-state index in [1.54, 1.807) is 17.0 Å². The van der Waals surface area contributed by atoms with Crippen molar-refractivity contribution in [3.8, 4) is 0 Å². The maximum absolute atomic E-state index is 12.5. The Morgan fingerprint density at radius 3 is 2.50 bits per heavy atom. The molecule has 1 aliphatic heterocycles. The molecule has 1 atom stereocenters. The Bertz CT molecular complexity index is 625. The molecule has 6 heteroatoms. The Labute approximate surface area is 133 Å².